The largest absolute Gasteiger partial charge is 0.481 e. The molecule has 0 aliphatic rings. The zero-order valence-corrected chi connectivity index (χ0v) is 10.2. The third kappa shape index (κ3) is 5.74. The van der Waals surface area contributed by atoms with Crippen LogP contribution in [0.15, 0.2) is 0 Å². The Morgan fingerprint density at radius 1 is 1.18 bits per heavy atom. The van der Waals surface area contributed by atoms with Crippen LogP contribution in [0.2, 0.25) is 0 Å². The summed E-state index contributed by atoms with van der Waals surface area (Å²) in [5, 5.41) is 13.7. The fraction of sp³-hybridized carbons (Fsp3) is 0.700. The highest BCUT2D eigenvalue weighted by atomic mass is 16.4. The van der Waals surface area contributed by atoms with Gasteiger partial charge in [0.05, 0.1) is 0 Å². The molecule has 1 unspecified atom stereocenters. The summed E-state index contributed by atoms with van der Waals surface area (Å²) in [7, 11) is 0. The molecule has 0 fully saturated rings. The molecule has 0 aromatic carbocycles. The van der Waals surface area contributed by atoms with Gasteiger partial charge in [-0.25, -0.2) is 4.79 Å². The second-order valence-electron chi connectivity index (χ2n) is 4.72. The van der Waals surface area contributed by atoms with E-state index in [-0.39, 0.29) is 13.1 Å². The van der Waals surface area contributed by atoms with Gasteiger partial charge in [0, 0.05) is 13.1 Å². The number of hydrogen-bond donors (Lipinski definition) is 4. The molecule has 98 valence electrons. The lowest BCUT2D eigenvalue weighted by Crippen LogP contribution is -2.45. The minimum Gasteiger partial charge on any atom is -0.481 e. The molecule has 0 saturated heterocycles. The second kappa shape index (κ2) is 6.07. The molecule has 7 nitrogen and oxygen atoms in total. The average molecular weight is 245 g/mol. The summed E-state index contributed by atoms with van der Waals surface area (Å²) < 4.78 is 0. The van der Waals surface area contributed by atoms with Crippen molar-refractivity contribution in [3.63, 3.8) is 0 Å². The Hall–Kier alpha value is -1.79. The summed E-state index contributed by atoms with van der Waals surface area (Å²) in [6, 6.07) is -0.690. The van der Waals surface area contributed by atoms with E-state index in [2.05, 4.69) is 10.6 Å². The number of hydrogen-bond acceptors (Lipinski definition) is 3. The first-order chi connectivity index (χ1) is 7.66. The highest BCUT2D eigenvalue weighted by Crippen LogP contribution is 2.26. The molecule has 1 atom stereocenters. The summed E-state index contributed by atoms with van der Waals surface area (Å²) in [4.78, 5) is 33.0. The number of carbonyl (C=O) groups excluding carboxylic acids is 2. The van der Waals surface area contributed by atoms with E-state index in [1.807, 2.05) is 0 Å². The first-order valence-corrected chi connectivity index (χ1v) is 5.20. The van der Waals surface area contributed by atoms with Crippen LogP contribution < -0.4 is 16.4 Å². The molecule has 5 N–H and O–H groups in total. The number of aliphatic carboxylic acids is 1. The van der Waals surface area contributed by atoms with Gasteiger partial charge >= 0.3 is 12.0 Å². The van der Waals surface area contributed by atoms with E-state index in [0.717, 1.165) is 0 Å². The van der Waals surface area contributed by atoms with Gasteiger partial charge in [-0.05, 0) is 5.41 Å². The molecular weight excluding hydrogens is 226 g/mol. The summed E-state index contributed by atoms with van der Waals surface area (Å²) >= 11 is 0. The van der Waals surface area contributed by atoms with E-state index in [4.69, 9.17) is 10.8 Å². The highest BCUT2D eigenvalue weighted by Gasteiger charge is 2.37. The number of carbonyl (C=O) groups is 3. The molecule has 0 aromatic heterocycles. The Balaban J connectivity index is 4.27. The minimum absolute atomic E-state index is 0.141. The van der Waals surface area contributed by atoms with Gasteiger partial charge in [-0.3, -0.25) is 9.59 Å². The van der Waals surface area contributed by atoms with E-state index in [1.54, 1.807) is 20.8 Å². The van der Waals surface area contributed by atoms with Gasteiger partial charge in [0.1, 0.15) is 5.92 Å². The normalized spacial score (nSPS) is 12.6. The number of carboxylic acids is 1. The molecule has 7 heteroatoms. The number of urea groups is 1. The third-order valence-electron chi connectivity index (χ3n) is 2.10. The molecule has 3 amide bonds. The van der Waals surface area contributed by atoms with Gasteiger partial charge in [-0.15, -0.1) is 0 Å². The third-order valence-corrected chi connectivity index (χ3v) is 2.10. The maximum absolute atomic E-state index is 11.6. The number of rotatable bonds is 5. The molecule has 0 aromatic rings. The summed E-state index contributed by atoms with van der Waals surface area (Å²) in [5.41, 5.74) is 4.16. The van der Waals surface area contributed by atoms with Crippen LogP contribution in [0.25, 0.3) is 0 Å². The molecule has 0 radical (unpaired) electrons. The van der Waals surface area contributed by atoms with Crippen molar-refractivity contribution in [1.29, 1.82) is 0 Å². The van der Waals surface area contributed by atoms with Crippen molar-refractivity contribution in [1.82, 2.24) is 10.6 Å². The van der Waals surface area contributed by atoms with Crippen molar-refractivity contribution < 1.29 is 19.5 Å². The number of amides is 3. The van der Waals surface area contributed by atoms with Crippen LogP contribution in [0.4, 0.5) is 4.79 Å². The van der Waals surface area contributed by atoms with Gasteiger partial charge < -0.3 is 21.5 Å². The van der Waals surface area contributed by atoms with Crippen LogP contribution in [0.1, 0.15) is 20.8 Å². The van der Waals surface area contributed by atoms with Crippen molar-refractivity contribution in [2.45, 2.75) is 20.8 Å². The molecular formula is C10H19N3O4. The lowest BCUT2D eigenvalue weighted by molar-refractivity contribution is -0.151. The maximum atomic E-state index is 11.6. The molecule has 0 rings (SSSR count). The van der Waals surface area contributed by atoms with E-state index < -0.39 is 29.2 Å². The van der Waals surface area contributed by atoms with Crippen molar-refractivity contribution in [2.75, 3.05) is 13.1 Å². The zero-order valence-electron chi connectivity index (χ0n) is 10.2. The quantitative estimate of drug-likeness (QED) is 0.386. The Bertz CT molecular complexity index is 309. The van der Waals surface area contributed by atoms with Crippen LogP contribution in [0, 0.1) is 11.3 Å². The van der Waals surface area contributed by atoms with Crippen molar-refractivity contribution in [3.8, 4) is 0 Å². The van der Waals surface area contributed by atoms with Crippen molar-refractivity contribution in [3.05, 3.63) is 0 Å². The Kier molecular flexibility index (Phi) is 5.43. The number of nitrogens with two attached hydrogens (primary N) is 1. The van der Waals surface area contributed by atoms with Crippen LogP contribution in [-0.2, 0) is 9.59 Å². The van der Waals surface area contributed by atoms with Gasteiger partial charge in [-0.2, -0.15) is 0 Å². The molecule has 0 heterocycles. The number of primary amides is 1. The molecule has 0 aliphatic heterocycles. The zero-order chi connectivity index (χ0) is 13.6. The number of carboxylic acid groups (broad SMARTS) is 1. The first-order valence-electron chi connectivity index (χ1n) is 5.20. The summed E-state index contributed by atoms with van der Waals surface area (Å²) in [6.45, 7) is 5.33. The molecule has 17 heavy (non-hydrogen) atoms. The van der Waals surface area contributed by atoms with Gasteiger partial charge in [0.25, 0.3) is 0 Å². The predicted molar refractivity (Wildman–Crippen MR) is 61.2 cm³/mol. The highest BCUT2D eigenvalue weighted by molar-refractivity contribution is 5.97. The van der Waals surface area contributed by atoms with Crippen molar-refractivity contribution >= 4 is 17.9 Å². The lowest BCUT2D eigenvalue weighted by Gasteiger charge is -2.25. The summed E-state index contributed by atoms with van der Waals surface area (Å²) in [6.07, 6.45) is 0. The van der Waals surface area contributed by atoms with Gasteiger partial charge in [-0.1, -0.05) is 20.8 Å². The SMILES string of the molecule is CC(C)(C)C(C(=O)O)C(=O)NCCNC(N)=O. The monoisotopic (exact) mass is 245 g/mol. The maximum Gasteiger partial charge on any atom is 0.316 e. The minimum atomic E-state index is -1.17. The Morgan fingerprint density at radius 2 is 1.65 bits per heavy atom. The topological polar surface area (TPSA) is 122 Å². The smallest absolute Gasteiger partial charge is 0.316 e. The fourth-order valence-corrected chi connectivity index (χ4v) is 1.35. The molecule has 0 bridgehead atoms. The van der Waals surface area contributed by atoms with Crippen LogP contribution in [0.5, 0.6) is 0 Å². The molecule has 0 aliphatic carbocycles. The van der Waals surface area contributed by atoms with E-state index >= 15 is 0 Å². The predicted octanol–water partition coefficient (Wildman–Crippen LogP) is -0.482. The van der Waals surface area contributed by atoms with E-state index in [0.29, 0.717) is 0 Å². The molecule has 0 spiro atoms. The Labute approximate surface area is 99.7 Å². The first kappa shape index (κ1) is 15.2. The number of nitrogens with one attached hydrogen (secondary N) is 2. The molecule has 0 saturated carbocycles. The van der Waals surface area contributed by atoms with Gasteiger partial charge in [0.15, 0.2) is 0 Å². The second-order valence-corrected chi connectivity index (χ2v) is 4.72. The average Bonchev–Trinajstić information content (AvgIpc) is 2.08. The van der Waals surface area contributed by atoms with Crippen LogP contribution in [0.3, 0.4) is 0 Å². The Morgan fingerprint density at radius 3 is 2.00 bits per heavy atom. The van der Waals surface area contributed by atoms with E-state index in [9.17, 15) is 14.4 Å². The van der Waals surface area contributed by atoms with Gasteiger partial charge in [0.2, 0.25) is 5.91 Å². The lowest BCUT2D eigenvalue weighted by atomic mass is 9.80. The van der Waals surface area contributed by atoms with E-state index in [1.165, 1.54) is 0 Å². The van der Waals surface area contributed by atoms with Crippen LogP contribution in [-0.4, -0.2) is 36.1 Å². The van der Waals surface area contributed by atoms with Crippen LogP contribution >= 0.6 is 0 Å². The standard InChI is InChI=1S/C10H19N3O4/c1-10(2,3)6(8(15)16)7(14)12-4-5-13-9(11)17/h6H,4-5H2,1-3H3,(H,12,14)(H,15,16)(H3,11,13,17). The summed E-state index contributed by atoms with van der Waals surface area (Å²) in [5.74, 6) is -2.87. The fourth-order valence-electron chi connectivity index (χ4n) is 1.35. The van der Waals surface area contributed by atoms with Crippen molar-refractivity contribution in [2.24, 2.45) is 17.1 Å².